The molecule has 3 amide bonds. The second-order valence-electron chi connectivity index (χ2n) is 6.21. The van der Waals surface area contributed by atoms with Gasteiger partial charge in [-0.2, -0.15) is 0 Å². The molecule has 1 aromatic rings. The Balaban J connectivity index is 2.01. The summed E-state index contributed by atoms with van der Waals surface area (Å²) < 4.78 is 0. The number of aliphatic hydroxyl groups excluding tert-OH is 1. The fourth-order valence-electron chi connectivity index (χ4n) is 2.31. The summed E-state index contributed by atoms with van der Waals surface area (Å²) in [6.45, 7) is 5.77. The standard InChI is InChI=1S/C18H23N3O4/c1-12(2)17(24)19-15-6-4-14(5-7-15)16(23)18(25)21-10-8-20(9-11-21)13(3)22/h4-8,10,12,16,23H,9,11H2,1-3H3,(H,19,24). The number of hydrogen-bond acceptors (Lipinski definition) is 4. The van der Waals surface area contributed by atoms with Crippen molar-refractivity contribution in [2.75, 3.05) is 18.4 Å². The first-order chi connectivity index (χ1) is 11.8. The van der Waals surface area contributed by atoms with Crippen molar-refractivity contribution in [3.63, 3.8) is 0 Å². The van der Waals surface area contributed by atoms with Crippen LogP contribution in [0.5, 0.6) is 0 Å². The highest BCUT2D eigenvalue weighted by atomic mass is 16.3. The molecule has 0 saturated heterocycles. The lowest BCUT2D eigenvalue weighted by atomic mass is 10.1. The predicted molar refractivity (Wildman–Crippen MR) is 93.1 cm³/mol. The first-order valence-corrected chi connectivity index (χ1v) is 8.14. The van der Waals surface area contributed by atoms with Crippen LogP contribution >= 0.6 is 0 Å². The highest BCUT2D eigenvalue weighted by Crippen LogP contribution is 2.20. The number of amides is 3. The summed E-state index contributed by atoms with van der Waals surface area (Å²) >= 11 is 0. The average molecular weight is 345 g/mol. The molecule has 1 heterocycles. The van der Waals surface area contributed by atoms with E-state index < -0.39 is 12.0 Å². The fourth-order valence-corrected chi connectivity index (χ4v) is 2.31. The number of aliphatic hydroxyl groups is 1. The van der Waals surface area contributed by atoms with E-state index in [2.05, 4.69) is 5.32 Å². The van der Waals surface area contributed by atoms with E-state index in [1.165, 1.54) is 29.1 Å². The monoisotopic (exact) mass is 345 g/mol. The maximum atomic E-state index is 12.4. The van der Waals surface area contributed by atoms with E-state index in [9.17, 15) is 19.5 Å². The molecular weight excluding hydrogens is 322 g/mol. The van der Waals surface area contributed by atoms with E-state index in [1.54, 1.807) is 38.1 Å². The van der Waals surface area contributed by atoms with Crippen LogP contribution in [0.4, 0.5) is 5.69 Å². The molecule has 0 bridgehead atoms. The Morgan fingerprint density at radius 1 is 1.04 bits per heavy atom. The quantitative estimate of drug-likeness (QED) is 0.865. The van der Waals surface area contributed by atoms with Crippen molar-refractivity contribution in [2.45, 2.75) is 26.9 Å². The van der Waals surface area contributed by atoms with Gasteiger partial charge in [-0.15, -0.1) is 0 Å². The molecule has 1 aliphatic heterocycles. The molecule has 1 aromatic carbocycles. The summed E-state index contributed by atoms with van der Waals surface area (Å²) in [6, 6.07) is 6.51. The molecule has 7 heteroatoms. The third-order valence-corrected chi connectivity index (χ3v) is 3.95. The molecule has 2 N–H and O–H groups in total. The van der Waals surface area contributed by atoms with Crippen LogP contribution < -0.4 is 5.32 Å². The molecule has 0 radical (unpaired) electrons. The Labute approximate surface area is 146 Å². The van der Waals surface area contributed by atoms with Crippen molar-refractivity contribution in [1.82, 2.24) is 9.80 Å². The van der Waals surface area contributed by atoms with Gasteiger partial charge in [0.2, 0.25) is 11.8 Å². The molecular formula is C18H23N3O4. The number of carbonyl (C=O) groups excluding carboxylic acids is 3. The van der Waals surface area contributed by atoms with Crippen molar-refractivity contribution in [2.24, 2.45) is 5.92 Å². The zero-order chi connectivity index (χ0) is 18.6. The van der Waals surface area contributed by atoms with Crippen molar-refractivity contribution < 1.29 is 19.5 Å². The fraction of sp³-hybridized carbons (Fsp3) is 0.389. The van der Waals surface area contributed by atoms with E-state index >= 15 is 0 Å². The lowest BCUT2D eigenvalue weighted by molar-refractivity contribution is -0.139. The van der Waals surface area contributed by atoms with Crippen molar-refractivity contribution in [1.29, 1.82) is 0 Å². The normalized spacial score (nSPS) is 15.2. The summed E-state index contributed by atoms with van der Waals surface area (Å²) in [5.74, 6) is -0.786. The smallest absolute Gasteiger partial charge is 0.260 e. The average Bonchev–Trinajstić information content (AvgIpc) is 2.61. The van der Waals surface area contributed by atoms with E-state index in [0.717, 1.165) is 0 Å². The first-order valence-electron chi connectivity index (χ1n) is 8.14. The minimum Gasteiger partial charge on any atom is -0.378 e. The van der Waals surface area contributed by atoms with Gasteiger partial charge in [-0.3, -0.25) is 14.4 Å². The third kappa shape index (κ3) is 4.67. The number of anilines is 1. The molecule has 0 spiro atoms. The Kier molecular flexibility index (Phi) is 5.93. The van der Waals surface area contributed by atoms with E-state index in [-0.39, 0.29) is 17.7 Å². The van der Waals surface area contributed by atoms with Gasteiger partial charge in [0.05, 0.1) is 0 Å². The summed E-state index contributed by atoms with van der Waals surface area (Å²) in [6.07, 6.45) is 1.72. The van der Waals surface area contributed by atoms with Gasteiger partial charge >= 0.3 is 0 Å². The molecule has 1 unspecified atom stereocenters. The van der Waals surface area contributed by atoms with Crippen LogP contribution in [-0.4, -0.2) is 45.7 Å². The molecule has 0 fully saturated rings. The summed E-state index contributed by atoms with van der Waals surface area (Å²) in [7, 11) is 0. The Morgan fingerprint density at radius 2 is 1.60 bits per heavy atom. The first kappa shape index (κ1) is 18.7. The Hall–Kier alpha value is -2.67. The molecule has 25 heavy (non-hydrogen) atoms. The van der Waals surface area contributed by atoms with Crippen LogP contribution in [0.25, 0.3) is 0 Å². The third-order valence-electron chi connectivity index (χ3n) is 3.95. The van der Waals surface area contributed by atoms with Gasteiger partial charge in [0.1, 0.15) is 0 Å². The SMILES string of the molecule is CC(=O)N1C=CN(C(=O)C(O)c2ccc(NC(=O)C(C)C)cc2)CC1. The van der Waals surface area contributed by atoms with E-state index in [4.69, 9.17) is 0 Å². The maximum Gasteiger partial charge on any atom is 0.260 e. The second-order valence-corrected chi connectivity index (χ2v) is 6.21. The molecule has 134 valence electrons. The number of nitrogens with zero attached hydrogens (tertiary/aromatic N) is 2. The summed E-state index contributed by atoms with van der Waals surface area (Å²) in [5.41, 5.74) is 1.05. The van der Waals surface area contributed by atoms with E-state index in [1.807, 2.05) is 0 Å². The van der Waals surface area contributed by atoms with Crippen LogP contribution in [-0.2, 0) is 14.4 Å². The minimum absolute atomic E-state index is 0.0945. The van der Waals surface area contributed by atoms with Gasteiger partial charge in [0.25, 0.3) is 5.91 Å². The largest absolute Gasteiger partial charge is 0.378 e. The predicted octanol–water partition coefficient (Wildman–Crippen LogP) is 1.48. The minimum atomic E-state index is -1.30. The Bertz CT molecular complexity index is 682. The van der Waals surface area contributed by atoms with Crippen molar-refractivity contribution in [3.8, 4) is 0 Å². The highest BCUT2D eigenvalue weighted by molar-refractivity contribution is 5.92. The zero-order valence-corrected chi connectivity index (χ0v) is 14.6. The van der Waals surface area contributed by atoms with Crippen LogP contribution in [0.3, 0.4) is 0 Å². The lowest BCUT2D eigenvalue weighted by Crippen LogP contribution is -2.41. The molecule has 7 nitrogen and oxygen atoms in total. The van der Waals surface area contributed by atoms with Crippen molar-refractivity contribution >= 4 is 23.4 Å². The number of carbonyl (C=O) groups is 3. The molecule has 0 saturated carbocycles. The van der Waals surface area contributed by atoms with Gasteiger partial charge in [-0.05, 0) is 17.7 Å². The van der Waals surface area contributed by atoms with Gasteiger partial charge in [0.15, 0.2) is 6.10 Å². The summed E-state index contributed by atoms with van der Waals surface area (Å²) in [5, 5.41) is 13.0. The van der Waals surface area contributed by atoms with Gasteiger partial charge in [-0.25, -0.2) is 0 Å². The lowest BCUT2D eigenvalue weighted by Gasteiger charge is -2.29. The summed E-state index contributed by atoms with van der Waals surface area (Å²) in [4.78, 5) is 38.2. The van der Waals surface area contributed by atoms with Gasteiger partial charge in [-0.1, -0.05) is 26.0 Å². The Morgan fingerprint density at radius 3 is 2.08 bits per heavy atom. The number of hydrogen-bond donors (Lipinski definition) is 2. The molecule has 0 aromatic heterocycles. The van der Waals surface area contributed by atoms with Gasteiger partial charge in [0, 0.05) is 44.0 Å². The van der Waals surface area contributed by atoms with Crippen LogP contribution in [0.2, 0.25) is 0 Å². The number of benzene rings is 1. The van der Waals surface area contributed by atoms with Crippen LogP contribution in [0.1, 0.15) is 32.4 Å². The van der Waals surface area contributed by atoms with Crippen LogP contribution in [0.15, 0.2) is 36.7 Å². The molecule has 1 atom stereocenters. The maximum absolute atomic E-state index is 12.4. The highest BCUT2D eigenvalue weighted by Gasteiger charge is 2.25. The molecule has 0 aliphatic carbocycles. The number of rotatable bonds is 4. The molecule has 1 aliphatic rings. The number of nitrogens with one attached hydrogen (secondary N) is 1. The van der Waals surface area contributed by atoms with Gasteiger partial charge < -0.3 is 20.2 Å². The van der Waals surface area contributed by atoms with E-state index in [0.29, 0.717) is 24.3 Å². The van der Waals surface area contributed by atoms with Crippen molar-refractivity contribution in [3.05, 3.63) is 42.2 Å². The zero-order valence-electron chi connectivity index (χ0n) is 14.6. The topological polar surface area (TPSA) is 90.0 Å². The second kappa shape index (κ2) is 7.94. The molecule has 2 rings (SSSR count). The van der Waals surface area contributed by atoms with Crippen LogP contribution in [0, 0.1) is 5.92 Å².